The van der Waals surface area contributed by atoms with Gasteiger partial charge in [-0.3, -0.25) is 4.68 Å². The molecule has 4 nitrogen and oxygen atoms in total. The molecular weight excluding hydrogens is 340 g/mol. The van der Waals surface area contributed by atoms with Crippen molar-refractivity contribution in [2.24, 2.45) is 0 Å². The summed E-state index contributed by atoms with van der Waals surface area (Å²) in [6.07, 6.45) is 0. The highest BCUT2D eigenvalue weighted by molar-refractivity contribution is 9.10. The second kappa shape index (κ2) is 6.45. The highest BCUT2D eigenvalue weighted by Gasteiger charge is 2.14. The van der Waals surface area contributed by atoms with Gasteiger partial charge in [-0.25, -0.2) is 4.79 Å². The molecular formula is C14H15BrN2O2S. The van der Waals surface area contributed by atoms with Gasteiger partial charge in [-0.15, -0.1) is 11.8 Å². The van der Waals surface area contributed by atoms with Crippen LogP contribution in [-0.2, 0) is 12.3 Å². The lowest BCUT2D eigenvalue weighted by Crippen LogP contribution is -2.03. The van der Waals surface area contributed by atoms with Crippen molar-refractivity contribution in [3.8, 4) is 0 Å². The Hall–Kier alpha value is -1.27. The summed E-state index contributed by atoms with van der Waals surface area (Å²) in [5, 5.41) is 13.6. The molecule has 20 heavy (non-hydrogen) atoms. The Morgan fingerprint density at radius 2 is 2.15 bits per heavy atom. The van der Waals surface area contributed by atoms with Crippen molar-refractivity contribution in [2.75, 3.05) is 0 Å². The maximum atomic E-state index is 11.2. The van der Waals surface area contributed by atoms with Gasteiger partial charge < -0.3 is 5.11 Å². The Morgan fingerprint density at radius 1 is 1.45 bits per heavy atom. The number of aryl methyl sites for hydroxylation is 2. The van der Waals surface area contributed by atoms with Crippen LogP contribution in [0.3, 0.4) is 0 Å². The van der Waals surface area contributed by atoms with Gasteiger partial charge in [0.05, 0.1) is 21.4 Å². The van der Waals surface area contributed by atoms with Crippen LogP contribution in [0.5, 0.6) is 0 Å². The fourth-order valence-electron chi connectivity index (χ4n) is 1.92. The fourth-order valence-corrected chi connectivity index (χ4v) is 3.60. The summed E-state index contributed by atoms with van der Waals surface area (Å²) in [5.74, 6) is -0.216. The van der Waals surface area contributed by atoms with E-state index in [1.807, 2.05) is 30.7 Å². The second-order valence-electron chi connectivity index (χ2n) is 4.25. The number of carboxylic acids is 1. The largest absolute Gasteiger partial charge is 0.478 e. The van der Waals surface area contributed by atoms with E-state index in [0.29, 0.717) is 11.3 Å². The molecule has 0 aliphatic rings. The molecule has 6 heteroatoms. The number of carboxylic acid groups (broad SMARTS) is 1. The lowest BCUT2D eigenvalue weighted by Gasteiger charge is -2.07. The van der Waals surface area contributed by atoms with Crippen LogP contribution in [-0.4, -0.2) is 20.9 Å². The van der Waals surface area contributed by atoms with Gasteiger partial charge in [0, 0.05) is 17.2 Å². The number of thioether (sulfide) groups is 1. The smallest absolute Gasteiger partial charge is 0.336 e. The first-order valence-corrected chi connectivity index (χ1v) is 7.99. The van der Waals surface area contributed by atoms with Crippen LogP contribution in [0.1, 0.15) is 28.7 Å². The summed E-state index contributed by atoms with van der Waals surface area (Å²) >= 11 is 5.06. The van der Waals surface area contributed by atoms with Gasteiger partial charge in [-0.2, -0.15) is 5.10 Å². The van der Waals surface area contributed by atoms with Crippen molar-refractivity contribution in [3.05, 3.63) is 45.7 Å². The second-order valence-corrected chi connectivity index (χ2v) is 6.06. The Bertz CT molecular complexity index is 640. The number of carbonyl (C=O) groups is 1. The van der Waals surface area contributed by atoms with E-state index in [1.54, 1.807) is 12.1 Å². The molecule has 1 aromatic carbocycles. The molecule has 0 spiro atoms. The molecule has 0 amide bonds. The Labute approximate surface area is 130 Å². The van der Waals surface area contributed by atoms with Crippen LogP contribution in [0.15, 0.2) is 33.6 Å². The van der Waals surface area contributed by atoms with Gasteiger partial charge >= 0.3 is 5.97 Å². The van der Waals surface area contributed by atoms with Crippen molar-refractivity contribution in [3.63, 3.8) is 0 Å². The SMILES string of the molecule is CCn1nc(C)c(Br)c1CSc1ccccc1C(=O)O. The standard InChI is InChI=1S/C14H15BrN2O2S/c1-3-17-11(13(15)9(2)16-17)8-20-12-7-5-4-6-10(12)14(18)19/h4-7H,3,8H2,1-2H3,(H,18,19). The van der Waals surface area contributed by atoms with Crippen molar-refractivity contribution in [1.82, 2.24) is 9.78 Å². The molecule has 1 heterocycles. The van der Waals surface area contributed by atoms with Gasteiger partial charge in [0.15, 0.2) is 0 Å². The number of aromatic carboxylic acids is 1. The van der Waals surface area contributed by atoms with Gasteiger partial charge in [0.2, 0.25) is 0 Å². The summed E-state index contributed by atoms with van der Waals surface area (Å²) < 4.78 is 2.94. The van der Waals surface area contributed by atoms with Crippen LogP contribution < -0.4 is 0 Å². The molecule has 0 aliphatic carbocycles. The molecule has 0 aliphatic heterocycles. The fraction of sp³-hybridized carbons (Fsp3) is 0.286. The summed E-state index contributed by atoms with van der Waals surface area (Å²) in [7, 11) is 0. The molecule has 0 bridgehead atoms. The maximum absolute atomic E-state index is 11.2. The quantitative estimate of drug-likeness (QED) is 0.825. The lowest BCUT2D eigenvalue weighted by molar-refractivity contribution is 0.0693. The lowest BCUT2D eigenvalue weighted by atomic mass is 10.2. The zero-order chi connectivity index (χ0) is 14.7. The number of aromatic nitrogens is 2. The first-order valence-electron chi connectivity index (χ1n) is 6.21. The zero-order valence-corrected chi connectivity index (χ0v) is 13.7. The molecule has 0 radical (unpaired) electrons. The summed E-state index contributed by atoms with van der Waals surface area (Å²) in [5.41, 5.74) is 2.37. The zero-order valence-electron chi connectivity index (χ0n) is 11.3. The highest BCUT2D eigenvalue weighted by atomic mass is 79.9. The number of benzene rings is 1. The number of hydrogen-bond donors (Lipinski definition) is 1. The monoisotopic (exact) mass is 354 g/mol. The minimum atomic E-state index is -0.896. The van der Waals surface area contributed by atoms with E-state index in [1.165, 1.54) is 11.8 Å². The third-order valence-electron chi connectivity index (χ3n) is 2.93. The van der Waals surface area contributed by atoms with E-state index in [2.05, 4.69) is 21.0 Å². The molecule has 1 aromatic heterocycles. The van der Waals surface area contributed by atoms with Crippen LogP contribution >= 0.6 is 27.7 Å². The molecule has 0 atom stereocenters. The molecule has 2 aromatic rings. The molecule has 1 N–H and O–H groups in total. The summed E-state index contributed by atoms with van der Waals surface area (Å²) in [6, 6.07) is 7.06. The maximum Gasteiger partial charge on any atom is 0.336 e. The Morgan fingerprint density at radius 3 is 2.80 bits per heavy atom. The number of rotatable bonds is 5. The average molecular weight is 355 g/mol. The van der Waals surface area contributed by atoms with Crippen molar-refractivity contribution < 1.29 is 9.90 Å². The molecule has 0 saturated heterocycles. The van der Waals surface area contributed by atoms with Gasteiger partial charge in [-0.05, 0) is 41.9 Å². The first-order chi connectivity index (χ1) is 9.54. The predicted molar refractivity (Wildman–Crippen MR) is 83.3 cm³/mol. The molecule has 0 unspecified atom stereocenters. The Kier molecular flexibility index (Phi) is 4.88. The topological polar surface area (TPSA) is 55.1 Å². The van der Waals surface area contributed by atoms with Gasteiger partial charge in [-0.1, -0.05) is 12.1 Å². The Balaban J connectivity index is 2.23. The predicted octanol–water partition coefficient (Wildman–Crippen LogP) is 3.96. The number of hydrogen-bond acceptors (Lipinski definition) is 3. The summed E-state index contributed by atoms with van der Waals surface area (Å²) in [4.78, 5) is 12.0. The van der Waals surface area contributed by atoms with Gasteiger partial charge in [0.25, 0.3) is 0 Å². The minimum Gasteiger partial charge on any atom is -0.478 e. The van der Waals surface area contributed by atoms with Crippen molar-refractivity contribution in [1.29, 1.82) is 0 Å². The summed E-state index contributed by atoms with van der Waals surface area (Å²) in [6.45, 7) is 4.79. The molecule has 2 rings (SSSR count). The van der Waals surface area contributed by atoms with E-state index >= 15 is 0 Å². The van der Waals surface area contributed by atoms with Crippen LogP contribution in [0.25, 0.3) is 0 Å². The molecule has 0 saturated carbocycles. The first kappa shape index (κ1) is 15.1. The number of halogens is 1. The molecule has 106 valence electrons. The van der Waals surface area contributed by atoms with Gasteiger partial charge in [0.1, 0.15) is 0 Å². The van der Waals surface area contributed by atoms with Crippen molar-refractivity contribution >= 4 is 33.7 Å². The normalized spacial score (nSPS) is 10.8. The van der Waals surface area contributed by atoms with E-state index in [0.717, 1.165) is 27.3 Å². The van der Waals surface area contributed by atoms with E-state index in [9.17, 15) is 9.90 Å². The third-order valence-corrected chi connectivity index (χ3v) is 5.05. The van der Waals surface area contributed by atoms with E-state index in [-0.39, 0.29) is 0 Å². The van der Waals surface area contributed by atoms with E-state index < -0.39 is 5.97 Å². The highest BCUT2D eigenvalue weighted by Crippen LogP contribution is 2.30. The van der Waals surface area contributed by atoms with Crippen LogP contribution in [0, 0.1) is 6.92 Å². The average Bonchev–Trinajstić information content (AvgIpc) is 2.72. The van der Waals surface area contributed by atoms with E-state index in [4.69, 9.17) is 0 Å². The van der Waals surface area contributed by atoms with Crippen LogP contribution in [0.2, 0.25) is 0 Å². The van der Waals surface area contributed by atoms with Crippen LogP contribution in [0.4, 0.5) is 0 Å². The number of nitrogens with zero attached hydrogens (tertiary/aromatic N) is 2. The van der Waals surface area contributed by atoms with Crippen molar-refractivity contribution in [2.45, 2.75) is 31.0 Å². The minimum absolute atomic E-state index is 0.341. The molecule has 0 fully saturated rings. The third kappa shape index (κ3) is 3.07.